The first kappa shape index (κ1) is 14.4. The van der Waals surface area contributed by atoms with E-state index in [0.717, 1.165) is 6.07 Å². The highest BCUT2D eigenvalue weighted by Crippen LogP contribution is 2.43. The van der Waals surface area contributed by atoms with Crippen LogP contribution in [0.3, 0.4) is 0 Å². The van der Waals surface area contributed by atoms with Crippen molar-refractivity contribution in [3.63, 3.8) is 0 Å². The number of carboxylic acid groups (broad SMARTS) is 1. The predicted octanol–water partition coefficient (Wildman–Crippen LogP) is 2.35. The second-order valence-corrected chi connectivity index (χ2v) is 5.43. The van der Waals surface area contributed by atoms with E-state index < -0.39 is 23.0 Å². The van der Waals surface area contributed by atoms with Crippen molar-refractivity contribution in [2.45, 2.75) is 26.7 Å². The van der Waals surface area contributed by atoms with Crippen LogP contribution in [0.25, 0.3) is 0 Å². The number of fused-ring (bicyclic) bond motifs is 1. The summed E-state index contributed by atoms with van der Waals surface area (Å²) < 4.78 is 24.6. The first-order chi connectivity index (χ1) is 9.33. The Hall–Kier alpha value is -1.98. The fourth-order valence-electron chi connectivity index (χ4n) is 2.01. The molecule has 1 aromatic rings. The highest BCUT2D eigenvalue weighted by molar-refractivity contribution is 5.74. The Morgan fingerprint density at radius 1 is 1.40 bits per heavy atom. The summed E-state index contributed by atoms with van der Waals surface area (Å²) in [6, 6.07) is 1.06. The van der Waals surface area contributed by atoms with E-state index in [1.165, 1.54) is 13.8 Å². The van der Waals surface area contributed by atoms with Gasteiger partial charge in [-0.1, -0.05) is 0 Å². The molecule has 1 aromatic carbocycles. The number of carboxylic acids is 1. The molecule has 0 bridgehead atoms. The Balaban J connectivity index is 2.50. The summed E-state index contributed by atoms with van der Waals surface area (Å²) in [5, 5.41) is 19.1. The molecule has 5 nitrogen and oxygen atoms in total. The maximum absolute atomic E-state index is 13.7. The predicted molar refractivity (Wildman–Crippen MR) is 68.8 cm³/mol. The lowest BCUT2D eigenvalue weighted by Crippen LogP contribution is -2.26. The van der Waals surface area contributed by atoms with Gasteiger partial charge in [-0.05, 0) is 20.3 Å². The van der Waals surface area contributed by atoms with Gasteiger partial charge in [0.1, 0.15) is 0 Å². The van der Waals surface area contributed by atoms with E-state index in [0.29, 0.717) is 19.6 Å². The number of aromatic hydroxyl groups is 1. The maximum atomic E-state index is 13.7. The van der Waals surface area contributed by atoms with Crippen molar-refractivity contribution in [1.82, 2.24) is 0 Å². The van der Waals surface area contributed by atoms with Crippen molar-refractivity contribution in [2.75, 3.05) is 13.2 Å². The summed E-state index contributed by atoms with van der Waals surface area (Å²) in [7, 11) is 0. The van der Waals surface area contributed by atoms with Gasteiger partial charge in [-0.15, -0.1) is 0 Å². The van der Waals surface area contributed by atoms with Gasteiger partial charge in [0, 0.05) is 18.1 Å². The summed E-state index contributed by atoms with van der Waals surface area (Å²) in [6.07, 6.45) is 0.580. The summed E-state index contributed by atoms with van der Waals surface area (Å²) in [6.45, 7) is 3.77. The molecule has 1 aliphatic rings. The van der Waals surface area contributed by atoms with Crippen molar-refractivity contribution >= 4 is 5.97 Å². The van der Waals surface area contributed by atoms with E-state index in [1.54, 1.807) is 0 Å². The van der Waals surface area contributed by atoms with Gasteiger partial charge < -0.3 is 19.7 Å². The first-order valence-corrected chi connectivity index (χ1v) is 6.36. The average molecular weight is 284 g/mol. The van der Waals surface area contributed by atoms with E-state index in [2.05, 4.69) is 0 Å². The molecule has 0 unspecified atom stereocenters. The molecule has 0 saturated carbocycles. The molecule has 110 valence electrons. The van der Waals surface area contributed by atoms with Crippen LogP contribution in [0.4, 0.5) is 4.39 Å². The zero-order valence-corrected chi connectivity index (χ0v) is 11.4. The number of rotatable bonds is 3. The van der Waals surface area contributed by atoms with Crippen LogP contribution in [0.1, 0.15) is 25.8 Å². The summed E-state index contributed by atoms with van der Waals surface area (Å²) >= 11 is 0. The topological polar surface area (TPSA) is 76.0 Å². The molecule has 2 rings (SSSR count). The minimum atomic E-state index is -1.16. The Kier molecular flexibility index (Phi) is 3.74. The Bertz CT molecular complexity index is 539. The van der Waals surface area contributed by atoms with Gasteiger partial charge in [-0.3, -0.25) is 4.79 Å². The van der Waals surface area contributed by atoms with Crippen LogP contribution in [-0.4, -0.2) is 29.4 Å². The second-order valence-electron chi connectivity index (χ2n) is 5.43. The summed E-state index contributed by atoms with van der Waals surface area (Å²) in [5.74, 6) is -2.02. The fraction of sp³-hybridized carbons (Fsp3) is 0.500. The molecule has 0 fully saturated rings. The van der Waals surface area contributed by atoms with Gasteiger partial charge in [-0.25, -0.2) is 4.39 Å². The van der Waals surface area contributed by atoms with Gasteiger partial charge >= 0.3 is 5.97 Å². The van der Waals surface area contributed by atoms with Crippen molar-refractivity contribution < 1.29 is 28.9 Å². The third-order valence-electron chi connectivity index (χ3n) is 3.26. The van der Waals surface area contributed by atoms with Gasteiger partial charge in [0.2, 0.25) is 0 Å². The summed E-state index contributed by atoms with van der Waals surface area (Å²) in [5.41, 5.74) is -1.02. The lowest BCUT2D eigenvalue weighted by Gasteiger charge is -2.22. The monoisotopic (exact) mass is 284 g/mol. The minimum absolute atomic E-state index is 0.0579. The molecule has 2 N–H and O–H groups in total. The van der Waals surface area contributed by atoms with E-state index in [9.17, 15) is 19.4 Å². The van der Waals surface area contributed by atoms with E-state index in [1.807, 2.05) is 0 Å². The van der Waals surface area contributed by atoms with Crippen molar-refractivity contribution in [3.8, 4) is 17.2 Å². The number of aliphatic carboxylic acids is 1. The first-order valence-electron chi connectivity index (χ1n) is 6.36. The zero-order valence-electron chi connectivity index (χ0n) is 11.4. The third-order valence-corrected chi connectivity index (χ3v) is 3.26. The smallest absolute Gasteiger partial charge is 0.309 e. The summed E-state index contributed by atoms with van der Waals surface area (Å²) in [4.78, 5) is 11.2. The van der Waals surface area contributed by atoms with Crippen molar-refractivity contribution in [3.05, 3.63) is 17.4 Å². The number of benzene rings is 1. The van der Waals surface area contributed by atoms with Crippen LogP contribution in [0, 0.1) is 11.2 Å². The van der Waals surface area contributed by atoms with Crippen LogP contribution in [0.15, 0.2) is 6.07 Å². The maximum Gasteiger partial charge on any atom is 0.309 e. The number of hydrogen-bond donors (Lipinski definition) is 2. The molecule has 1 heterocycles. The Morgan fingerprint density at radius 3 is 2.70 bits per heavy atom. The highest BCUT2D eigenvalue weighted by Gasteiger charge is 2.32. The SMILES string of the molecule is CC(C)(Cc1c(O)c(F)cc2c1OCCCO2)C(=O)O. The molecule has 0 radical (unpaired) electrons. The molecular formula is C14H17FO5. The number of halogens is 1. The lowest BCUT2D eigenvalue weighted by molar-refractivity contribution is -0.146. The third kappa shape index (κ3) is 2.64. The molecule has 0 aromatic heterocycles. The van der Waals surface area contributed by atoms with Crippen molar-refractivity contribution in [2.24, 2.45) is 5.41 Å². The van der Waals surface area contributed by atoms with E-state index in [4.69, 9.17) is 9.47 Å². The molecular weight excluding hydrogens is 267 g/mol. The molecule has 20 heavy (non-hydrogen) atoms. The molecule has 0 amide bonds. The molecule has 0 spiro atoms. The molecule has 1 aliphatic heterocycles. The van der Waals surface area contributed by atoms with Crippen molar-refractivity contribution in [1.29, 1.82) is 0 Å². The molecule has 6 heteroatoms. The van der Waals surface area contributed by atoms with Crippen LogP contribution in [0.5, 0.6) is 17.2 Å². The zero-order chi connectivity index (χ0) is 14.9. The van der Waals surface area contributed by atoms with Crippen LogP contribution in [0.2, 0.25) is 0 Å². The van der Waals surface area contributed by atoms with E-state index in [-0.39, 0.29) is 23.5 Å². The van der Waals surface area contributed by atoms with Gasteiger partial charge in [0.25, 0.3) is 0 Å². The van der Waals surface area contributed by atoms with Gasteiger partial charge in [0.05, 0.1) is 18.6 Å². The average Bonchev–Trinajstić information content (AvgIpc) is 2.59. The number of carbonyl (C=O) groups is 1. The number of phenolic OH excluding ortho intramolecular Hbond substituents is 1. The standard InChI is InChI=1S/C14H17FO5/c1-14(2,13(17)18)7-8-11(16)9(15)6-10-12(8)20-5-3-4-19-10/h6,16H,3-5,7H2,1-2H3,(H,17,18). The Labute approximate surface area is 115 Å². The highest BCUT2D eigenvalue weighted by atomic mass is 19.1. The van der Waals surface area contributed by atoms with Crippen LogP contribution in [-0.2, 0) is 11.2 Å². The quantitative estimate of drug-likeness (QED) is 0.891. The number of hydrogen-bond acceptors (Lipinski definition) is 4. The largest absolute Gasteiger partial charge is 0.505 e. The normalized spacial score (nSPS) is 14.8. The Morgan fingerprint density at radius 2 is 2.05 bits per heavy atom. The van der Waals surface area contributed by atoms with E-state index >= 15 is 0 Å². The number of ether oxygens (including phenoxy) is 2. The van der Waals surface area contributed by atoms with Gasteiger partial charge in [-0.2, -0.15) is 0 Å². The van der Waals surface area contributed by atoms with Gasteiger partial charge in [0.15, 0.2) is 23.1 Å². The van der Waals surface area contributed by atoms with Crippen LogP contribution < -0.4 is 9.47 Å². The second kappa shape index (κ2) is 5.19. The molecule has 0 saturated heterocycles. The minimum Gasteiger partial charge on any atom is -0.505 e. The van der Waals surface area contributed by atoms with Crippen LogP contribution >= 0.6 is 0 Å². The molecule has 0 aliphatic carbocycles. The lowest BCUT2D eigenvalue weighted by atomic mass is 9.85. The number of phenols is 1. The fourth-order valence-corrected chi connectivity index (χ4v) is 2.01. The molecule has 0 atom stereocenters.